The summed E-state index contributed by atoms with van der Waals surface area (Å²) in [5.41, 5.74) is 0.607. The van der Waals surface area contributed by atoms with Crippen LogP contribution in [0.4, 0.5) is 5.69 Å². The SMILES string of the molecule is O=C(CNC(=O)c1ccccc1)Nc1ccsc1C(=O)[O-]. The van der Waals surface area contributed by atoms with Crippen molar-refractivity contribution in [3.8, 4) is 0 Å². The second-order valence-corrected chi connectivity index (χ2v) is 4.96. The van der Waals surface area contributed by atoms with Gasteiger partial charge in [0.2, 0.25) is 5.91 Å². The zero-order valence-corrected chi connectivity index (χ0v) is 11.6. The molecule has 0 radical (unpaired) electrons. The molecule has 2 N–H and O–H groups in total. The first kappa shape index (κ1) is 14.7. The fourth-order valence-corrected chi connectivity index (χ4v) is 2.29. The Hall–Kier alpha value is -2.67. The van der Waals surface area contributed by atoms with Gasteiger partial charge in [0.1, 0.15) is 0 Å². The molecular formula is C14H11N2O4S-. The van der Waals surface area contributed by atoms with Gasteiger partial charge in [0, 0.05) is 5.56 Å². The van der Waals surface area contributed by atoms with Crippen LogP contribution in [0.3, 0.4) is 0 Å². The summed E-state index contributed by atoms with van der Waals surface area (Å²) in [5.74, 6) is -2.25. The molecule has 0 aliphatic heterocycles. The molecule has 21 heavy (non-hydrogen) atoms. The first-order valence-electron chi connectivity index (χ1n) is 6.00. The van der Waals surface area contributed by atoms with Gasteiger partial charge in [0.05, 0.1) is 23.1 Å². The molecule has 0 aliphatic rings. The number of amides is 2. The summed E-state index contributed by atoms with van der Waals surface area (Å²) in [7, 11) is 0. The van der Waals surface area contributed by atoms with E-state index in [0.717, 1.165) is 11.3 Å². The Labute approximate surface area is 124 Å². The average molecular weight is 303 g/mol. The highest BCUT2D eigenvalue weighted by Crippen LogP contribution is 2.21. The average Bonchev–Trinajstić information content (AvgIpc) is 2.94. The summed E-state index contributed by atoms with van der Waals surface area (Å²) in [5, 5.41) is 17.2. The summed E-state index contributed by atoms with van der Waals surface area (Å²) in [6, 6.07) is 9.92. The largest absolute Gasteiger partial charge is 0.544 e. The van der Waals surface area contributed by atoms with E-state index in [4.69, 9.17) is 0 Å². The van der Waals surface area contributed by atoms with Gasteiger partial charge in [-0.1, -0.05) is 18.2 Å². The summed E-state index contributed by atoms with van der Waals surface area (Å²) < 4.78 is 0. The van der Waals surface area contributed by atoms with Crippen molar-refractivity contribution in [1.29, 1.82) is 0 Å². The van der Waals surface area contributed by atoms with E-state index < -0.39 is 11.9 Å². The number of hydrogen-bond donors (Lipinski definition) is 2. The Kier molecular flexibility index (Phi) is 4.68. The highest BCUT2D eigenvalue weighted by molar-refractivity contribution is 7.12. The van der Waals surface area contributed by atoms with Crippen molar-refractivity contribution in [2.24, 2.45) is 0 Å². The van der Waals surface area contributed by atoms with Crippen LogP contribution in [-0.2, 0) is 4.79 Å². The quantitative estimate of drug-likeness (QED) is 0.839. The number of rotatable bonds is 5. The molecule has 0 aliphatic carbocycles. The molecule has 1 aromatic carbocycles. The molecule has 7 heteroatoms. The smallest absolute Gasteiger partial charge is 0.251 e. The predicted molar refractivity (Wildman–Crippen MR) is 76.1 cm³/mol. The van der Waals surface area contributed by atoms with Crippen LogP contribution in [0.2, 0.25) is 0 Å². The van der Waals surface area contributed by atoms with Gasteiger partial charge in [0.15, 0.2) is 0 Å². The second-order valence-electron chi connectivity index (χ2n) is 4.05. The van der Waals surface area contributed by atoms with Crippen molar-refractivity contribution in [1.82, 2.24) is 5.32 Å². The number of carbonyl (C=O) groups excluding carboxylic acids is 3. The Morgan fingerprint density at radius 2 is 1.81 bits per heavy atom. The maximum absolute atomic E-state index is 11.7. The number of hydrogen-bond acceptors (Lipinski definition) is 5. The fourth-order valence-electron chi connectivity index (χ4n) is 1.61. The fraction of sp³-hybridized carbons (Fsp3) is 0.0714. The Morgan fingerprint density at radius 3 is 2.48 bits per heavy atom. The highest BCUT2D eigenvalue weighted by atomic mass is 32.1. The molecule has 6 nitrogen and oxygen atoms in total. The lowest BCUT2D eigenvalue weighted by Crippen LogP contribution is -2.33. The summed E-state index contributed by atoms with van der Waals surface area (Å²) in [6.07, 6.45) is 0. The molecule has 0 spiro atoms. The Balaban J connectivity index is 1.89. The number of anilines is 1. The third-order valence-corrected chi connectivity index (χ3v) is 3.46. The van der Waals surface area contributed by atoms with E-state index in [1.165, 1.54) is 11.4 Å². The molecule has 0 bridgehead atoms. The Bertz CT molecular complexity index is 667. The lowest BCUT2D eigenvalue weighted by Gasteiger charge is -2.08. The van der Waals surface area contributed by atoms with Gasteiger partial charge in [-0.2, -0.15) is 0 Å². The normalized spacial score (nSPS) is 9.90. The van der Waals surface area contributed by atoms with E-state index in [9.17, 15) is 19.5 Å². The van der Waals surface area contributed by atoms with Gasteiger partial charge in [-0.05, 0) is 23.6 Å². The van der Waals surface area contributed by atoms with Crippen molar-refractivity contribution >= 4 is 34.8 Å². The molecule has 2 aromatic rings. The monoisotopic (exact) mass is 303 g/mol. The highest BCUT2D eigenvalue weighted by Gasteiger charge is 2.11. The molecule has 0 saturated carbocycles. The maximum Gasteiger partial charge on any atom is 0.251 e. The van der Waals surface area contributed by atoms with Gasteiger partial charge in [-0.3, -0.25) is 9.59 Å². The third-order valence-electron chi connectivity index (χ3n) is 2.57. The molecule has 0 atom stereocenters. The lowest BCUT2D eigenvalue weighted by atomic mass is 10.2. The van der Waals surface area contributed by atoms with Crippen LogP contribution in [0.15, 0.2) is 41.8 Å². The molecule has 2 amide bonds. The molecule has 108 valence electrons. The number of aromatic carboxylic acids is 1. The van der Waals surface area contributed by atoms with Gasteiger partial charge < -0.3 is 20.5 Å². The minimum atomic E-state index is -1.35. The number of nitrogens with one attached hydrogen (secondary N) is 2. The van der Waals surface area contributed by atoms with Crippen LogP contribution in [0, 0.1) is 0 Å². The molecule has 1 heterocycles. The number of carbonyl (C=O) groups is 3. The van der Waals surface area contributed by atoms with Crippen LogP contribution in [0.25, 0.3) is 0 Å². The molecule has 1 aromatic heterocycles. The van der Waals surface area contributed by atoms with Crippen LogP contribution < -0.4 is 15.7 Å². The Morgan fingerprint density at radius 1 is 1.10 bits per heavy atom. The van der Waals surface area contributed by atoms with E-state index in [2.05, 4.69) is 10.6 Å². The van der Waals surface area contributed by atoms with Crippen molar-refractivity contribution in [2.45, 2.75) is 0 Å². The predicted octanol–water partition coefficient (Wildman–Crippen LogP) is 0.480. The van der Waals surface area contributed by atoms with Crippen molar-refractivity contribution in [3.05, 3.63) is 52.2 Å². The first-order chi connectivity index (χ1) is 10.1. The van der Waals surface area contributed by atoms with E-state index in [0.29, 0.717) is 5.56 Å². The molecule has 0 fully saturated rings. The molecule has 0 saturated heterocycles. The zero-order valence-electron chi connectivity index (χ0n) is 10.8. The summed E-state index contributed by atoms with van der Waals surface area (Å²) in [4.78, 5) is 34.2. The third kappa shape index (κ3) is 3.90. The van der Waals surface area contributed by atoms with Gasteiger partial charge >= 0.3 is 0 Å². The standard InChI is InChI=1S/C14H12N2O4S/c17-11(16-10-6-7-21-12(10)14(19)20)8-15-13(18)9-4-2-1-3-5-9/h1-7H,8H2,(H,15,18)(H,16,17)(H,19,20)/p-1. The van der Waals surface area contributed by atoms with E-state index >= 15 is 0 Å². The number of thiophene rings is 1. The van der Waals surface area contributed by atoms with Crippen molar-refractivity contribution in [2.75, 3.05) is 11.9 Å². The van der Waals surface area contributed by atoms with Gasteiger partial charge in [-0.25, -0.2) is 0 Å². The molecular weight excluding hydrogens is 292 g/mol. The van der Waals surface area contributed by atoms with Crippen LogP contribution in [-0.4, -0.2) is 24.3 Å². The number of carboxylic acid groups (broad SMARTS) is 1. The first-order valence-corrected chi connectivity index (χ1v) is 6.88. The lowest BCUT2D eigenvalue weighted by molar-refractivity contribution is -0.254. The van der Waals surface area contributed by atoms with Crippen LogP contribution >= 0.6 is 11.3 Å². The summed E-state index contributed by atoms with van der Waals surface area (Å²) in [6.45, 7) is -0.254. The van der Waals surface area contributed by atoms with Crippen molar-refractivity contribution in [3.63, 3.8) is 0 Å². The molecule has 2 rings (SSSR count). The topological polar surface area (TPSA) is 98.3 Å². The summed E-state index contributed by atoms with van der Waals surface area (Å²) >= 11 is 0.957. The minimum Gasteiger partial charge on any atom is -0.544 e. The van der Waals surface area contributed by atoms with E-state index in [-0.39, 0.29) is 23.0 Å². The second kappa shape index (κ2) is 6.67. The van der Waals surface area contributed by atoms with E-state index in [1.54, 1.807) is 30.3 Å². The van der Waals surface area contributed by atoms with Gasteiger partial charge in [0.25, 0.3) is 5.91 Å². The maximum atomic E-state index is 11.7. The minimum absolute atomic E-state index is 0.0577. The van der Waals surface area contributed by atoms with Crippen LogP contribution in [0.1, 0.15) is 20.0 Å². The number of benzene rings is 1. The van der Waals surface area contributed by atoms with Crippen LogP contribution in [0.5, 0.6) is 0 Å². The zero-order chi connectivity index (χ0) is 15.2. The van der Waals surface area contributed by atoms with Crippen molar-refractivity contribution < 1.29 is 19.5 Å². The number of carboxylic acids is 1. The molecule has 0 unspecified atom stereocenters. The van der Waals surface area contributed by atoms with Gasteiger partial charge in [-0.15, -0.1) is 11.3 Å². The van der Waals surface area contributed by atoms with E-state index in [1.807, 2.05) is 0 Å².